The van der Waals surface area contributed by atoms with Gasteiger partial charge in [-0.2, -0.15) is 0 Å². The van der Waals surface area contributed by atoms with Crippen LogP contribution >= 0.6 is 0 Å². The molecule has 0 aliphatic heterocycles. The molecule has 4 atom stereocenters. The number of carboxylic acid groups (broad SMARTS) is 6. The molecule has 6 amide bonds. The van der Waals surface area contributed by atoms with Gasteiger partial charge in [0.2, 0.25) is 0 Å². The van der Waals surface area contributed by atoms with Crippen molar-refractivity contribution in [1.29, 1.82) is 0 Å². The van der Waals surface area contributed by atoms with E-state index in [4.69, 9.17) is 26.0 Å². The van der Waals surface area contributed by atoms with Crippen molar-refractivity contribution in [2.45, 2.75) is 88.4 Å². The maximum Gasteiger partial charge on any atom is 0.326 e. The summed E-state index contributed by atoms with van der Waals surface area (Å²) in [4.78, 5) is 120. The predicted molar refractivity (Wildman–Crippen MR) is 190 cm³/mol. The summed E-state index contributed by atoms with van der Waals surface area (Å²) in [7, 11) is 0. The number of carboxylic acids is 6. The van der Waals surface area contributed by atoms with Crippen LogP contribution in [0.15, 0.2) is 23.3 Å². The molecular weight excluding hydrogens is 766 g/mol. The largest absolute Gasteiger partial charge is 0.481 e. The van der Waals surface area contributed by atoms with Gasteiger partial charge in [-0.1, -0.05) is 5.11 Å². The summed E-state index contributed by atoms with van der Waals surface area (Å²) in [5.74, 6) is -9.86. The zero-order valence-corrected chi connectivity index (χ0v) is 30.1. The summed E-state index contributed by atoms with van der Waals surface area (Å²) >= 11 is 0. The molecule has 1 rings (SSSR count). The quantitative estimate of drug-likeness (QED) is 0.0250. The van der Waals surface area contributed by atoms with Crippen LogP contribution in [-0.4, -0.2) is 128 Å². The Morgan fingerprint density at radius 2 is 0.860 bits per heavy atom. The SMILES string of the molecule is [N-]=[N+]=Nc1cc(C(=O)NCCCC[C@H](NC(=O)N[C@H](CCC(=O)O)C(=O)O)C(=O)O)cc(C(=O)NCCCC[C@H](NC(=O)N[C@H](CCC(=O)O)C(=O)O)C(=O)O)c1. The second kappa shape index (κ2) is 25.0. The summed E-state index contributed by atoms with van der Waals surface area (Å²) in [5, 5.41) is 71.5. The zero-order chi connectivity index (χ0) is 43.1. The summed E-state index contributed by atoms with van der Waals surface area (Å²) in [6.07, 6.45) is -1.52. The first-order valence-electron chi connectivity index (χ1n) is 17.1. The van der Waals surface area contributed by atoms with Crippen molar-refractivity contribution in [3.05, 3.63) is 39.8 Å². The van der Waals surface area contributed by atoms with Crippen molar-refractivity contribution < 1.29 is 78.6 Å². The van der Waals surface area contributed by atoms with E-state index in [1.807, 2.05) is 10.6 Å². The van der Waals surface area contributed by atoms with Gasteiger partial charge in [-0.3, -0.25) is 19.2 Å². The van der Waals surface area contributed by atoms with Crippen molar-refractivity contribution in [3.8, 4) is 0 Å². The van der Waals surface area contributed by atoms with Gasteiger partial charge in [0.1, 0.15) is 24.2 Å². The normalized spacial score (nSPS) is 12.5. The molecule has 0 saturated carbocycles. The molecule has 0 spiro atoms. The van der Waals surface area contributed by atoms with E-state index >= 15 is 0 Å². The molecule has 0 aliphatic rings. The van der Waals surface area contributed by atoms with E-state index in [1.165, 1.54) is 18.2 Å². The minimum Gasteiger partial charge on any atom is -0.481 e. The van der Waals surface area contributed by atoms with Gasteiger partial charge >= 0.3 is 47.9 Å². The van der Waals surface area contributed by atoms with Crippen molar-refractivity contribution in [2.75, 3.05) is 13.1 Å². The van der Waals surface area contributed by atoms with E-state index in [2.05, 4.69) is 31.3 Å². The van der Waals surface area contributed by atoms with Crippen LogP contribution < -0.4 is 31.9 Å². The Hall–Kier alpha value is -7.17. The summed E-state index contributed by atoms with van der Waals surface area (Å²) < 4.78 is 0. The summed E-state index contributed by atoms with van der Waals surface area (Å²) in [6.45, 7) is -0.000719. The van der Waals surface area contributed by atoms with Gasteiger partial charge in [-0.05, 0) is 75.1 Å². The lowest BCUT2D eigenvalue weighted by atomic mass is 10.1. The first-order chi connectivity index (χ1) is 26.8. The number of carbonyl (C=O) groups is 10. The highest BCUT2D eigenvalue weighted by molar-refractivity contribution is 6.01. The average Bonchev–Trinajstić information content (AvgIpc) is 3.12. The van der Waals surface area contributed by atoms with Crippen molar-refractivity contribution in [2.24, 2.45) is 5.11 Å². The van der Waals surface area contributed by atoms with E-state index in [0.717, 1.165) is 0 Å². The topological polar surface area (TPSA) is 413 Å². The lowest BCUT2D eigenvalue weighted by Crippen LogP contribution is -2.51. The van der Waals surface area contributed by atoms with Crippen LogP contribution in [0.2, 0.25) is 0 Å². The summed E-state index contributed by atoms with van der Waals surface area (Å²) in [6, 6.07) is -4.71. The lowest BCUT2D eigenvalue weighted by molar-refractivity contribution is -0.142. The number of nitrogens with zero attached hydrogens (tertiary/aromatic N) is 3. The van der Waals surface area contributed by atoms with Gasteiger partial charge in [0, 0.05) is 47.7 Å². The van der Waals surface area contributed by atoms with E-state index < -0.39 is 110 Å². The molecule has 0 bridgehead atoms. The highest BCUT2D eigenvalue weighted by atomic mass is 16.4. The van der Waals surface area contributed by atoms with Crippen LogP contribution in [0, 0.1) is 0 Å². The first-order valence-corrected chi connectivity index (χ1v) is 17.1. The number of rotatable bonds is 27. The van der Waals surface area contributed by atoms with E-state index in [1.54, 1.807) is 0 Å². The fraction of sp³-hybridized carbons (Fsp3) is 0.500. The van der Waals surface area contributed by atoms with Crippen molar-refractivity contribution >= 4 is 65.4 Å². The fourth-order valence-corrected chi connectivity index (χ4v) is 4.82. The van der Waals surface area contributed by atoms with Gasteiger partial charge in [-0.15, -0.1) is 0 Å². The third-order valence-corrected chi connectivity index (χ3v) is 7.72. The van der Waals surface area contributed by atoms with E-state index in [-0.39, 0.29) is 68.4 Å². The second-order valence-corrected chi connectivity index (χ2v) is 12.1. The molecule has 0 heterocycles. The standard InChI is InChI=1S/C32H43N9O16/c33-41-40-18-14-16(25(46)34-11-3-1-5-19(27(48)49)36-31(56)38-21(29(52)53)7-9-23(42)43)13-17(15-18)26(47)35-12-4-2-6-20(28(50)51)37-32(57)39-22(30(54)55)8-10-24(44)45/h13-15,19-22H,1-12H2,(H,34,46)(H,35,47)(H,42,43)(H,44,45)(H,48,49)(H,50,51)(H,52,53)(H,54,55)(H2,36,38,56)(H2,37,39,57)/t19-,20-,21+,22+/m0/s1. The Morgan fingerprint density at radius 3 is 1.16 bits per heavy atom. The third kappa shape index (κ3) is 19.6. The molecule has 1 aromatic carbocycles. The smallest absolute Gasteiger partial charge is 0.326 e. The predicted octanol–water partition coefficient (Wildman–Crippen LogP) is 0.569. The van der Waals surface area contributed by atoms with Gasteiger partial charge < -0.3 is 62.5 Å². The second-order valence-electron chi connectivity index (χ2n) is 12.1. The number of urea groups is 2. The molecular formula is C32H43N9O16. The van der Waals surface area contributed by atoms with Gasteiger partial charge in [0.05, 0.1) is 0 Å². The van der Waals surface area contributed by atoms with E-state index in [0.29, 0.717) is 0 Å². The third-order valence-electron chi connectivity index (χ3n) is 7.72. The number of amides is 6. The average molecular weight is 810 g/mol. The molecule has 25 heteroatoms. The number of benzene rings is 1. The number of nitrogens with one attached hydrogen (secondary N) is 6. The lowest BCUT2D eigenvalue weighted by Gasteiger charge is -2.18. The number of aliphatic carboxylic acids is 6. The van der Waals surface area contributed by atoms with Crippen LogP contribution in [0.4, 0.5) is 15.3 Å². The Kier molecular flexibility index (Phi) is 21.0. The van der Waals surface area contributed by atoms with Crippen LogP contribution in [0.1, 0.15) is 84.9 Å². The van der Waals surface area contributed by atoms with Gasteiger partial charge in [-0.25, -0.2) is 28.8 Å². The molecule has 0 saturated heterocycles. The van der Waals surface area contributed by atoms with Crippen LogP contribution in [-0.2, 0) is 28.8 Å². The van der Waals surface area contributed by atoms with Gasteiger partial charge in [0.25, 0.3) is 11.8 Å². The number of carbonyl (C=O) groups excluding carboxylic acids is 4. The van der Waals surface area contributed by atoms with Crippen LogP contribution in [0.5, 0.6) is 0 Å². The maximum absolute atomic E-state index is 12.9. The van der Waals surface area contributed by atoms with Crippen LogP contribution in [0.25, 0.3) is 10.4 Å². The Balaban J connectivity index is 2.69. The molecule has 312 valence electrons. The monoisotopic (exact) mass is 809 g/mol. The Morgan fingerprint density at radius 1 is 0.526 bits per heavy atom. The van der Waals surface area contributed by atoms with Crippen molar-refractivity contribution in [3.63, 3.8) is 0 Å². The highest BCUT2D eigenvalue weighted by Gasteiger charge is 2.26. The van der Waals surface area contributed by atoms with Crippen LogP contribution in [0.3, 0.4) is 0 Å². The molecule has 0 radical (unpaired) electrons. The fourth-order valence-electron chi connectivity index (χ4n) is 4.82. The number of azide groups is 1. The maximum atomic E-state index is 12.9. The molecule has 1 aromatic rings. The molecule has 0 aliphatic carbocycles. The van der Waals surface area contributed by atoms with E-state index in [9.17, 15) is 58.2 Å². The molecule has 0 unspecified atom stereocenters. The Bertz CT molecular complexity index is 1610. The number of hydrogen-bond acceptors (Lipinski definition) is 11. The molecule has 0 aromatic heterocycles. The van der Waals surface area contributed by atoms with Crippen molar-refractivity contribution in [1.82, 2.24) is 31.9 Å². The highest BCUT2D eigenvalue weighted by Crippen LogP contribution is 2.19. The number of hydrogen-bond donors (Lipinski definition) is 12. The first kappa shape index (κ1) is 47.9. The Labute approximate surface area is 322 Å². The molecule has 57 heavy (non-hydrogen) atoms. The number of unbranched alkanes of at least 4 members (excludes halogenated alkanes) is 2. The minimum atomic E-state index is -1.57. The molecule has 12 N–H and O–H groups in total. The molecule has 25 nitrogen and oxygen atoms in total. The summed E-state index contributed by atoms with van der Waals surface area (Å²) in [5.41, 5.74) is 8.65. The zero-order valence-electron chi connectivity index (χ0n) is 30.1. The minimum absolute atomic E-state index is 0.000360. The molecule has 0 fully saturated rings. The van der Waals surface area contributed by atoms with Gasteiger partial charge in [0.15, 0.2) is 0 Å².